The van der Waals surface area contributed by atoms with E-state index in [1.807, 2.05) is 0 Å². The lowest BCUT2D eigenvalue weighted by Crippen LogP contribution is -2.03. The molecule has 0 aliphatic carbocycles. The van der Waals surface area contributed by atoms with Crippen LogP contribution in [0.15, 0.2) is 40.9 Å². The summed E-state index contributed by atoms with van der Waals surface area (Å²) in [6.07, 6.45) is 0. The third-order valence-corrected chi connectivity index (χ3v) is 3.32. The maximum absolute atomic E-state index is 13.7. The van der Waals surface area contributed by atoms with Crippen LogP contribution < -0.4 is 9.47 Å². The molecule has 0 radical (unpaired) electrons. The van der Waals surface area contributed by atoms with Gasteiger partial charge < -0.3 is 14.6 Å². The van der Waals surface area contributed by atoms with E-state index in [1.54, 1.807) is 30.3 Å². The monoisotopic (exact) mass is 340 g/mol. The molecule has 0 saturated carbocycles. The van der Waals surface area contributed by atoms with Crippen LogP contribution in [0.5, 0.6) is 11.5 Å². The Labute approximate surface area is 125 Å². The highest BCUT2D eigenvalue weighted by atomic mass is 79.9. The van der Waals surface area contributed by atoms with E-state index in [4.69, 9.17) is 9.47 Å². The highest BCUT2D eigenvalue weighted by molar-refractivity contribution is 9.10. The van der Waals surface area contributed by atoms with Crippen molar-refractivity contribution in [1.29, 1.82) is 0 Å². The van der Waals surface area contributed by atoms with Gasteiger partial charge in [0.15, 0.2) is 11.5 Å². The minimum absolute atomic E-state index is 0.0542. The molecule has 0 saturated heterocycles. The van der Waals surface area contributed by atoms with Gasteiger partial charge in [-0.3, -0.25) is 0 Å². The normalized spacial score (nSPS) is 10.4. The molecule has 0 heterocycles. The molecule has 0 spiro atoms. The first-order valence-electron chi connectivity index (χ1n) is 5.99. The molecular formula is C15H14BrFO3. The van der Waals surface area contributed by atoms with Crippen molar-refractivity contribution in [3.8, 4) is 11.5 Å². The third kappa shape index (κ3) is 3.29. The summed E-state index contributed by atoms with van der Waals surface area (Å²) < 4.78 is 25.3. The smallest absolute Gasteiger partial charge is 0.167 e. The van der Waals surface area contributed by atoms with Gasteiger partial charge in [-0.25, -0.2) is 4.39 Å². The second-order valence-corrected chi connectivity index (χ2v) is 5.05. The molecule has 5 heteroatoms. The molecule has 2 aromatic rings. The van der Waals surface area contributed by atoms with E-state index in [2.05, 4.69) is 15.9 Å². The summed E-state index contributed by atoms with van der Waals surface area (Å²) in [7, 11) is 1.52. The molecule has 0 aliphatic rings. The Morgan fingerprint density at radius 1 is 1.20 bits per heavy atom. The van der Waals surface area contributed by atoms with Crippen molar-refractivity contribution in [3.63, 3.8) is 0 Å². The fourth-order valence-electron chi connectivity index (χ4n) is 1.81. The summed E-state index contributed by atoms with van der Waals surface area (Å²) in [6.45, 7) is -0.119. The van der Waals surface area contributed by atoms with Gasteiger partial charge in [0, 0.05) is 15.6 Å². The largest absolute Gasteiger partial charge is 0.493 e. The van der Waals surface area contributed by atoms with Crippen molar-refractivity contribution in [1.82, 2.24) is 0 Å². The van der Waals surface area contributed by atoms with Crippen LogP contribution in [0.4, 0.5) is 4.39 Å². The molecule has 20 heavy (non-hydrogen) atoms. The van der Waals surface area contributed by atoms with Crippen LogP contribution in [0, 0.1) is 5.82 Å². The van der Waals surface area contributed by atoms with Gasteiger partial charge in [-0.05, 0) is 24.3 Å². The molecule has 2 aromatic carbocycles. The Morgan fingerprint density at radius 2 is 2.00 bits per heavy atom. The van der Waals surface area contributed by atoms with Gasteiger partial charge >= 0.3 is 0 Å². The highest BCUT2D eigenvalue weighted by Gasteiger charge is 2.11. The summed E-state index contributed by atoms with van der Waals surface area (Å²) in [5, 5.41) is 9.32. The van der Waals surface area contributed by atoms with Crippen molar-refractivity contribution < 1.29 is 19.0 Å². The number of methoxy groups -OCH3 is 1. The van der Waals surface area contributed by atoms with Crippen molar-refractivity contribution in [3.05, 3.63) is 57.8 Å². The molecule has 1 N–H and O–H groups in total. The molecule has 0 bridgehead atoms. The van der Waals surface area contributed by atoms with E-state index in [1.165, 1.54) is 13.2 Å². The summed E-state index contributed by atoms with van der Waals surface area (Å²) in [6, 6.07) is 9.88. The highest BCUT2D eigenvalue weighted by Crippen LogP contribution is 2.32. The number of para-hydroxylation sites is 1. The summed E-state index contributed by atoms with van der Waals surface area (Å²) in [5.74, 6) is 0.595. The molecule has 0 aromatic heterocycles. The Kier molecular flexibility index (Phi) is 4.98. The lowest BCUT2D eigenvalue weighted by atomic mass is 10.2. The maximum atomic E-state index is 13.7. The fraction of sp³-hybridized carbons (Fsp3) is 0.200. The second-order valence-electron chi connectivity index (χ2n) is 4.13. The lowest BCUT2D eigenvalue weighted by molar-refractivity contribution is 0.248. The van der Waals surface area contributed by atoms with Crippen LogP contribution in [0.2, 0.25) is 0 Å². The molecule has 106 valence electrons. The minimum Gasteiger partial charge on any atom is -0.493 e. The van der Waals surface area contributed by atoms with Gasteiger partial charge in [-0.1, -0.05) is 28.1 Å². The van der Waals surface area contributed by atoms with E-state index >= 15 is 0 Å². The van der Waals surface area contributed by atoms with E-state index in [9.17, 15) is 9.50 Å². The van der Waals surface area contributed by atoms with Crippen LogP contribution >= 0.6 is 15.9 Å². The maximum Gasteiger partial charge on any atom is 0.167 e. The van der Waals surface area contributed by atoms with Crippen LogP contribution in [-0.2, 0) is 13.2 Å². The second kappa shape index (κ2) is 6.72. The van der Waals surface area contributed by atoms with Crippen LogP contribution in [0.3, 0.4) is 0 Å². The van der Waals surface area contributed by atoms with Crippen LogP contribution in [-0.4, -0.2) is 12.2 Å². The van der Waals surface area contributed by atoms with Gasteiger partial charge in [-0.15, -0.1) is 0 Å². The molecule has 3 nitrogen and oxygen atoms in total. The number of halogens is 2. The fourth-order valence-corrected chi connectivity index (χ4v) is 2.22. The Bertz CT molecular complexity index is 579. The van der Waals surface area contributed by atoms with E-state index < -0.39 is 0 Å². The number of ether oxygens (including phenoxy) is 2. The van der Waals surface area contributed by atoms with E-state index in [0.29, 0.717) is 22.6 Å². The van der Waals surface area contributed by atoms with E-state index in [0.717, 1.165) is 4.47 Å². The minimum atomic E-state index is -0.339. The van der Waals surface area contributed by atoms with Crippen LogP contribution in [0.25, 0.3) is 0 Å². The van der Waals surface area contributed by atoms with Gasteiger partial charge in [0.2, 0.25) is 0 Å². The average molecular weight is 341 g/mol. The zero-order valence-electron chi connectivity index (χ0n) is 10.9. The van der Waals surface area contributed by atoms with Crippen molar-refractivity contribution >= 4 is 15.9 Å². The standard InChI is InChI=1S/C15H14BrFO3/c1-19-14-4-2-3-10(8-18)15(14)20-9-11-7-12(16)5-6-13(11)17/h2-7,18H,8-9H2,1H3. The van der Waals surface area contributed by atoms with Gasteiger partial charge in [0.25, 0.3) is 0 Å². The SMILES string of the molecule is COc1cccc(CO)c1OCc1cc(Br)ccc1F. The number of benzene rings is 2. The molecule has 0 fully saturated rings. The number of rotatable bonds is 5. The summed E-state index contributed by atoms with van der Waals surface area (Å²) >= 11 is 3.29. The summed E-state index contributed by atoms with van der Waals surface area (Å²) in [4.78, 5) is 0. The lowest BCUT2D eigenvalue weighted by Gasteiger charge is -2.14. The predicted molar refractivity (Wildman–Crippen MR) is 77.3 cm³/mol. The summed E-state index contributed by atoms with van der Waals surface area (Å²) in [5.41, 5.74) is 1.02. The molecule has 0 amide bonds. The number of aliphatic hydroxyl groups is 1. The van der Waals surface area contributed by atoms with Gasteiger partial charge in [-0.2, -0.15) is 0 Å². The van der Waals surface area contributed by atoms with E-state index in [-0.39, 0.29) is 19.0 Å². The zero-order chi connectivity index (χ0) is 14.5. The Hall–Kier alpha value is -1.59. The average Bonchev–Trinajstić information content (AvgIpc) is 2.47. The van der Waals surface area contributed by atoms with Crippen molar-refractivity contribution in [2.45, 2.75) is 13.2 Å². The zero-order valence-corrected chi connectivity index (χ0v) is 12.5. The molecule has 2 rings (SSSR count). The first kappa shape index (κ1) is 14.8. The molecular weight excluding hydrogens is 327 g/mol. The Morgan fingerprint density at radius 3 is 2.70 bits per heavy atom. The predicted octanol–water partition coefficient (Wildman–Crippen LogP) is 3.67. The van der Waals surface area contributed by atoms with Crippen LogP contribution in [0.1, 0.15) is 11.1 Å². The number of hydrogen-bond acceptors (Lipinski definition) is 3. The molecule has 0 aliphatic heterocycles. The third-order valence-electron chi connectivity index (χ3n) is 2.83. The van der Waals surface area contributed by atoms with Gasteiger partial charge in [0.1, 0.15) is 12.4 Å². The number of hydrogen-bond donors (Lipinski definition) is 1. The van der Waals surface area contributed by atoms with Gasteiger partial charge in [0.05, 0.1) is 13.7 Å². The first-order valence-corrected chi connectivity index (χ1v) is 6.78. The molecule has 0 unspecified atom stereocenters. The first-order chi connectivity index (χ1) is 9.65. The topological polar surface area (TPSA) is 38.7 Å². The molecule has 0 atom stereocenters. The Balaban J connectivity index is 2.24. The van der Waals surface area contributed by atoms with Crippen molar-refractivity contribution in [2.24, 2.45) is 0 Å². The number of aliphatic hydroxyl groups excluding tert-OH is 1. The van der Waals surface area contributed by atoms with Crippen molar-refractivity contribution in [2.75, 3.05) is 7.11 Å². The quantitative estimate of drug-likeness (QED) is 0.902.